The van der Waals surface area contributed by atoms with Crippen LogP contribution in [0.25, 0.3) is 0 Å². The molecule has 6 heteroatoms. The first kappa shape index (κ1) is 18.0. The van der Waals surface area contributed by atoms with Crippen molar-refractivity contribution in [2.75, 3.05) is 13.1 Å². The van der Waals surface area contributed by atoms with Gasteiger partial charge in [-0.05, 0) is 37.3 Å². The van der Waals surface area contributed by atoms with Gasteiger partial charge >= 0.3 is 6.03 Å². The van der Waals surface area contributed by atoms with Gasteiger partial charge in [0.15, 0.2) is 0 Å². The van der Waals surface area contributed by atoms with E-state index in [0.717, 1.165) is 25.9 Å². The lowest BCUT2D eigenvalue weighted by Crippen LogP contribution is -2.51. The van der Waals surface area contributed by atoms with E-state index in [2.05, 4.69) is 53.1 Å². The van der Waals surface area contributed by atoms with Crippen molar-refractivity contribution in [2.45, 2.75) is 58.7 Å². The first-order chi connectivity index (χ1) is 12.0. The second-order valence-electron chi connectivity index (χ2n) is 7.67. The Labute approximate surface area is 149 Å². The Hall–Kier alpha value is -1.82. The van der Waals surface area contributed by atoms with E-state index >= 15 is 0 Å². The third kappa shape index (κ3) is 4.06. The van der Waals surface area contributed by atoms with Crippen LogP contribution in [0.5, 0.6) is 0 Å². The van der Waals surface area contributed by atoms with Crippen LogP contribution in [0.15, 0.2) is 18.3 Å². The fourth-order valence-corrected chi connectivity index (χ4v) is 4.18. The summed E-state index contributed by atoms with van der Waals surface area (Å²) in [5.74, 6) is 0.825. The number of nitrogens with zero attached hydrogens (tertiary/aromatic N) is 2. The van der Waals surface area contributed by atoms with Gasteiger partial charge in [0.05, 0.1) is 6.54 Å². The van der Waals surface area contributed by atoms with Gasteiger partial charge in [0.1, 0.15) is 0 Å². The number of imide groups is 1. The van der Waals surface area contributed by atoms with E-state index in [9.17, 15) is 9.59 Å². The molecule has 4 atom stereocenters. The van der Waals surface area contributed by atoms with Crippen LogP contribution in [0.1, 0.15) is 51.8 Å². The molecule has 1 saturated carbocycles. The average Bonchev–Trinajstić information content (AvgIpc) is 3.04. The molecule has 6 nitrogen and oxygen atoms in total. The van der Waals surface area contributed by atoms with Gasteiger partial charge in [-0.25, -0.2) is 4.79 Å². The Balaban J connectivity index is 1.48. The fourth-order valence-electron chi connectivity index (χ4n) is 4.18. The van der Waals surface area contributed by atoms with Crippen molar-refractivity contribution < 1.29 is 9.59 Å². The molecule has 2 heterocycles. The number of nitrogens with one attached hydrogen (secondary N) is 2. The fraction of sp³-hybridized carbons (Fsp3) is 0.684. The Morgan fingerprint density at radius 3 is 2.80 bits per heavy atom. The molecule has 138 valence electrons. The van der Waals surface area contributed by atoms with Crippen LogP contribution in [0.2, 0.25) is 0 Å². The zero-order chi connectivity index (χ0) is 18.0. The summed E-state index contributed by atoms with van der Waals surface area (Å²) < 4.78 is 2.22. The van der Waals surface area contributed by atoms with Gasteiger partial charge in [-0.2, -0.15) is 0 Å². The highest BCUT2D eigenvalue weighted by Gasteiger charge is 2.29. The zero-order valence-corrected chi connectivity index (χ0v) is 15.5. The van der Waals surface area contributed by atoms with Crippen LogP contribution >= 0.6 is 0 Å². The number of fused-ring (bicyclic) bond motifs is 1. The maximum absolute atomic E-state index is 12.3. The third-order valence-electron chi connectivity index (χ3n) is 6.09. The second kappa shape index (κ2) is 7.60. The van der Waals surface area contributed by atoms with Gasteiger partial charge in [0.25, 0.3) is 0 Å². The Kier molecular flexibility index (Phi) is 5.47. The first-order valence-corrected chi connectivity index (χ1v) is 9.45. The first-order valence-electron chi connectivity index (χ1n) is 9.45. The van der Waals surface area contributed by atoms with E-state index in [0.29, 0.717) is 11.8 Å². The van der Waals surface area contributed by atoms with Gasteiger partial charge in [0.2, 0.25) is 5.91 Å². The van der Waals surface area contributed by atoms with Crippen LogP contribution in [-0.4, -0.2) is 40.5 Å². The van der Waals surface area contributed by atoms with Crippen molar-refractivity contribution in [1.29, 1.82) is 0 Å². The molecule has 0 spiro atoms. The monoisotopic (exact) mass is 346 g/mol. The van der Waals surface area contributed by atoms with E-state index in [1.54, 1.807) is 0 Å². The minimum Gasteiger partial charge on any atom is -0.349 e. The highest BCUT2D eigenvalue weighted by Crippen LogP contribution is 2.29. The topological polar surface area (TPSA) is 66.4 Å². The van der Waals surface area contributed by atoms with E-state index in [1.165, 1.54) is 12.1 Å². The number of hydrogen-bond acceptors (Lipinski definition) is 3. The predicted molar refractivity (Wildman–Crippen MR) is 97.1 cm³/mol. The largest absolute Gasteiger partial charge is 0.349 e. The molecule has 1 aromatic rings. The Morgan fingerprint density at radius 1 is 1.20 bits per heavy atom. The minimum absolute atomic E-state index is 0.161. The number of rotatable bonds is 3. The van der Waals surface area contributed by atoms with Crippen LogP contribution in [-0.2, 0) is 11.3 Å². The number of amides is 3. The van der Waals surface area contributed by atoms with Gasteiger partial charge in [0, 0.05) is 37.1 Å². The summed E-state index contributed by atoms with van der Waals surface area (Å²) in [5, 5.41) is 5.51. The summed E-state index contributed by atoms with van der Waals surface area (Å²) >= 11 is 0. The summed E-state index contributed by atoms with van der Waals surface area (Å²) in [4.78, 5) is 26.6. The quantitative estimate of drug-likeness (QED) is 0.884. The van der Waals surface area contributed by atoms with Crippen LogP contribution in [0.4, 0.5) is 4.79 Å². The van der Waals surface area contributed by atoms with Gasteiger partial charge < -0.3 is 9.88 Å². The van der Waals surface area contributed by atoms with Crippen LogP contribution in [0, 0.1) is 11.8 Å². The maximum Gasteiger partial charge on any atom is 0.321 e. The van der Waals surface area contributed by atoms with E-state index < -0.39 is 0 Å². The van der Waals surface area contributed by atoms with Gasteiger partial charge in [-0.1, -0.05) is 26.7 Å². The van der Waals surface area contributed by atoms with Crippen LogP contribution < -0.4 is 10.6 Å². The number of carbonyl (C=O) groups excluding carboxylic acids is 2. The summed E-state index contributed by atoms with van der Waals surface area (Å²) in [6.07, 6.45) is 5.42. The number of aromatic nitrogens is 1. The molecule has 0 aromatic carbocycles. The zero-order valence-electron chi connectivity index (χ0n) is 15.5. The number of carbonyl (C=O) groups is 2. The van der Waals surface area contributed by atoms with Crippen molar-refractivity contribution in [3.63, 3.8) is 0 Å². The molecule has 0 radical (unpaired) electrons. The summed E-state index contributed by atoms with van der Waals surface area (Å²) in [6.45, 7) is 8.45. The Morgan fingerprint density at radius 2 is 2.00 bits per heavy atom. The SMILES string of the molecule is C[C@@H]1[C@H](C)CCC[C@@H]1NC(=O)NC(=O)CN1CCn2cccc2[C@H]1C. The molecule has 0 saturated heterocycles. The predicted octanol–water partition coefficient (Wildman–Crippen LogP) is 2.52. The van der Waals surface area contributed by atoms with E-state index in [1.807, 2.05) is 6.07 Å². The van der Waals surface area contributed by atoms with Crippen molar-refractivity contribution in [1.82, 2.24) is 20.1 Å². The number of urea groups is 1. The van der Waals surface area contributed by atoms with E-state index in [-0.39, 0.29) is 30.6 Å². The lowest BCUT2D eigenvalue weighted by molar-refractivity contribution is -0.122. The molecular weight excluding hydrogens is 316 g/mol. The lowest BCUT2D eigenvalue weighted by atomic mass is 9.78. The lowest BCUT2D eigenvalue weighted by Gasteiger charge is -2.35. The molecule has 25 heavy (non-hydrogen) atoms. The summed E-state index contributed by atoms with van der Waals surface area (Å²) in [5.41, 5.74) is 1.22. The Bertz CT molecular complexity index is 627. The van der Waals surface area contributed by atoms with E-state index in [4.69, 9.17) is 0 Å². The molecule has 1 aromatic heterocycles. The summed E-state index contributed by atoms with van der Waals surface area (Å²) in [6, 6.07) is 4.11. The molecule has 0 unspecified atom stereocenters. The molecule has 0 bridgehead atoms. The smallest absolute Gasteiger partial charge is 0.321 e. The van der Waals surface area contributed by atoms with Gasteiger partial charge in [-0.15, -0.1) is 0 Å². The highest BCUT2D eigenvalue weighted by atomic mass is 16.2. The molecule has 2 N–H and O–H groups in total. The van der Waals surface area contributed by atoms with Crippen molar-refractivity contribution in [3.8, 4) is 0 Å². The maximum atomic E-state index is 12.3. The third-order valence-corrected chi connectivity index (χ3v) is 6.09. The average molecular weight is 346 g/mol. The molecular formula is C19H30N4O2. The minimum atomic E-state index is -0.357. The normalized spacial score (nSPS) is 29.7. The summed E-state index contributed by atoms with van der Waals surface area (Å²) in [7, 11) is 0. The molecule has 1 aliphatic carbocycles. The standard InChI is InChI=1S/C19H30N4O2/c1-13-6-4-7-16(14(13)2)20-19(25)21-18(24)12-23-11-10-22-9-5-8-17(22)15(23)3/h5,8-9,13-16H,4,6-7,10-12H2,1-3H3,(H2,20,21,24,25)/t13-,14-,15-,16+/m1/s1. The van der Waals surface area contributed by atoms with Crippen molar-refractivity contribution in [2.24, 2.45) is 11.8 Å². The van der Waals surface area contributed by atoms with Crippen molar-refractivity contribution in [3.05, 3.63) is 24.0 Å². The molecule has 1 fully saturated rings. The van der Waals surface area contributed by atoms with Gasteiger partial charge in [-0.3, -0.25) is 15.0 Å². The van der Waals surface area contributed by atoms with Crippen LogP contribution in [0.3, 0.4) is 0 Å². The van der Waals surface area contributed by atoms with Crippen molar-refractivity contribution >= 4 is 11.9 Å². The molecule has 3 rings (SSSR count). The number of hydrogen-bond donors (Lipinski definition) is 2. The second-order valence-corrected chi connectivity index (χ2v) is 7.67. The molecule has 3 amide bonds. The molecule has 1 aliphatic heterocycles. The molecule has 2 aliphatic rings. The highest BCUT2D eigenvalue weighted by molar-refractivity contribution is 5.95.